The first-order valence-corrected chi connectivity index (χ1v) is 10.3. The Balaban J connectivity index is 1.86. The topological polar surface area (TPSA) is 106 Å². The molecule has 3 aromatic rings. The number of hydrogen-bond acceptors (Lipinski definition) is 7. The van der Waals surface area contributed by atoms with Crippen LogP contribution in [-0.2, 0) is 16.6 Å². The number of thioether (sulfide) groups is 1. The molecule has 0 fully saturated rings. The second kappa shape index (κ2) is 7.97. The molecule has 0 unspecified atom stereocenters. The average molecular weight is 455 g/mol. The Morgan fingerprint density at radius 3 is 2.60 bits per heavy atom. The molecular formula is C19H16F3N3O3S2. The van der Waals surface area contributed by atoms with Gasteiger partial charge in [0.25, 0.3) is 5.91 Å². The van der Waals surface area contributed by atoms with Gasteiger partial charge in [0, 0.05) is 22.2 Å². The average Bonchev–Trinajstić information content (AvgIpc) is 3.15. The van der Waals surface area contributed by atoms with Gasteiger partial charge in [-0.2, -0.15) is 13.2 Å². The van der Waals surface area contributed by atoms with E-state index < -0.39 is 23.2 Å². The molecule has 1 amide bonds. The van der Waals surface area contributed by atoms with E-state index in [1.807, 2.05) is 0 Å². The number of pyridine rings is 2. The molecule has 0 radical (unpaired) electrons. The van der Waals surface area contributed by atoms with Crippen LogP contribution in [0.4, 0.5) is 13.2 Å². The van der Waals surface area contributed by atoms with Gasteiger partial charge in [0.05, 0.1) is 21.7 Å². The van der Waals surface area contributed by atoms with Crippen LogP contribution >= 0.6 is 23.1 Å². The summed E-state index contributed by atoms with van der Waals surface area (Å²) in [6, 6.07) is 5.44. The first-order chi connectivity index (χ1) is 13.9. The minimum Gasteiger partial charge on any atom is -0.375 e. The number of aryl methyl sites for hydroxylation is 1. The van der Waals surface area contributed by atoms with Crippen LogP contribution < -0.4 is 5.73 Å². The van der Waals surface area contributed by atoms with Gasteiger partial charge in [-0.3, -0.25) is 14.6 Å². The van der Waals surface area contributed by atoms with Crippen LogP contribution in [-0.4, -0.2) is 32.5 Å². The lowest BCUT2D eigenvalue weighted by Gasteiger charge is -2.16. The van der Waals surface area contributed by atoms with Crippen LogP contribution in [0.15, 0.2) is 35.5 Å². The lowest BCUT2D eigenvalue weighted by atomic mass is 10.1. The first kappa shape index (κ1) is 22.2. The number of aromatic nitrogens is 2. The van der Waals surface area contributed by atoms with Gasteiger partial charge in [-0.1, -0.05) is 11.8 Å². The Bertz CT molecular complexity index is 1140. The van der Waals surface area contributed by atoms with E-state index in [-0.39, 0.29) is 31.7 Å². The maximum Gasteiger partial charge on any atom is 0.417 e. The smallest absolute Gasteiger partial charge is 0.375 e. The van der Waals surface area contributed by atoms with Crippen LogP contribution in [0.3, 0.4) is 0 Å². The van der Waals surface area contributed by atoms with E-state index in [0.29, 0.717) is 11.2 Å². The number of carbonyl (C=O) groups is 2. The van der Waals surface area contributed by atoms with Gasteiger partial charge in [0.2, 0.25) is 0 Å². The molecule has 0 saturated heterocycles. The van der Waals surface area contributed by atoms with Crippen molar-refractivity contribution < 1.29 is 27.9 Å². The fourth-order valence-corrected chi connectivity index (χ4v) is 4.59. The highest BCUT2D eigenvalue weighted by Gasteiger charge is 2.33. The van der Waals surface area contributed by atoms with E-state index in [9.17, 15) is 27.9 Å². The summed E-state index contributed by atoms with van der Waals surface area (Å²) < 4.78 is 39.1. The zero-order valence-electron chi connectivity index (χ0n) is 15.8. The molecule has 0 bridgehead atoms. The number of thiophene rings is 1. The lowest BCUT2D eigenvalue weighted by Crippen LogP contribution is -2.37. The minimum absolute atomic E-state index is 0.0968. The number of amides is 1. The quantitative estimate of drug-likeness (QED) is 0.434. The minimum atomic E-state index is -4.55. The van der Waals surface area contributed by atoms with Crippen molar-refractivity contribution in [3.63, 3.8) is 0 Å². The highest BCUT2D eigenvalue weighted by molar-refractivity contribution is 8.00. The summed E-state index contributed by atoms with van der Waals surface area (Å²) in [5.41, 5.74) is 3.27. The van der Waals surface area contributed by atoms with Crippen molar-refractivity contribution in [3.8, 4) is 0 Å². The van der Waals surface area contributed by atoms with Crippen LogP contribution in [0.2, 0.25) is 0 Å². The largest absolute Gasteiger partial charge is 0.417 e. The molecule has 0 aliphatic carbocycles. The number of hydrogen-bond donors (Lipinski definition) is 2. The van der Waals surface area contributed by atoms with Crippen molar-refractivity contribution in [2.24, 2.45) is 5.73 Å². The van der Waals surface area contributed by atoms with Gasteiger partial charge >= 0.3 is 6.18 Å². The predicted octanol–water partition coefficient (Wildman–Crippen LogP) is 3.69. The fourth-order valence-electron chi connectivity index (χ4n) is 2.55. The Hall–Kier alpha value is -2.50. The highest BCUT2D eigenvalue weighted by atomic mass is 32.2. The number of aliphatic hydroxyl groups is 1. The lowest BCUT2D eigenvalue weighted by molar-refractivity contribution is -0.137. The highest BCUT2D eigenvalue weighted by Crippen LogP contribution is 2.34. The van der Waals surface area contributed by atoms with E-state index >= 15 is 0 Å². The number of rotatable bonds is 6. The van der Waals surface area contributed by atoms with Gasteiger partial charge in [0.15, 0.2) is 11.4 Å². The Labute approximate surface area is 177 Å². The molecular weight excluding hydrogens is 439 g/mol. The molecule has 0 aliphatic heterocycles. The number of nitrogens with two attached hydrogens (primary N) is 1. The monoisotopic (exact) mass is 455 g/mol. The zero-order valence-corrected chi connectivity index (χ0v) is 17.4. The molecule has 0 aliphatic rings. The van der Waals surface area contributed by atoms with Gasteiger partial charge in [0.1, 0.15) is 5.03 Å². The Morgan fingerprint density at radius 2 is 1.97 bits per heavy atom. The number of Topliss-reactive ketones (excluding diaryl/α,β-unsaturated/α-hetero) is 1. The van der Waals surface area contributed by atoms with Gasteiger partial charge in [-0.15, -0.1) is 11.3 Å². The molecule has 30 heavy (non-hydrogen) atoms. The van der Waals surface area contributed by atoms with Crippen molar-refractivity contribution in [1.82, 2.24) is 9.97 Å². The number of carbonyl (C=O) groups excluding carboxylic acids is 2. The number of ketones is 1. The SMILES string of the molecule is Cc1cc2ncc(C(F)(F)F)cc2c(SCC(=O)c2ccc([C@@](C)(O)C(N)=O)s2)n1. The van der Waals surface area contributed by atoms with Gasteiger partial charge < -0.3 is 10.8 Å². The van der Waals surface area contributed by atoms with Crippen LogP contribution in [0.1, 0.15) is 32.7 Å². The van der Waals surface area contributed by atoms with E-state index in [4.69, 9.17) is 5.73 Å². The second-order valence-electron chi connectivity index (χ2n) is 6.67. The van der Waals surface area contributed by atoms with Crippen LogP contribution in [0.25, 0.3) is 10.9 Å². The summed E-state index contributed by atoms with van der Waals surface area (Å²) in [5.74, 6) is -1.37. The van der Waals surface area contributed by atoms with Gasteiger partial charge in [-0.05, 0) is 38.1 Å². The van der Waals surface area contributed by atoms with E-state index in [1.165, 1.54) is 19.1 Å². The molecule has 1 atom stereocenters. The maximum absolute atomic E-state index is 13.0. The predicted molar refractivity (Wildman–Crippen MR) is 107 cm³/mol. The third-order valence-electron chi connectivity index (χ3n) is 4.28. The summed E-state index contributed by atoms with van der Waals surface area (Å²) in [6.45, 7) is 2.92. The Morgan fingerprint density at radius 1 is 1.27 bits per heavy atom. The van der Waals surface area contributed by atoms with E-state index in [1.54, 1.807) is 13.0 Å². The third kappa shape index (κ3) is 4.47. The number of alkyl halides is 3. The van der Waals surface area contributed by atoms with Crippen molar-refractivity contribution in [1.29, 1.82) is 0 Å². The maximum atomic E-state index is 13.0. The number of halogens is 3. The normalized spacial score (nSPS) is 13.9. The summed E-state index contributed by atoms with van der Waals surface area (Å²) in [6.07, 6.45) is -3.78. The summed E-state index contributed by atoms with van der Waals surface area (Å²) in [4.78, 5) is 32.5. The molecule has 0 aromatic carbocycles. The molecule has 3 N–H and O–H groups in total. The summed E-state index contributed by atoms with van der Waals surface area (Å²) >= 11 is 1.92. The zero-order chi connectivity index (χ0) is 22.3. The van der Waals surface area contributed by atoms with Crippen molar-refractivity contribution in [2.45, 2.75) is 30.7 Å². The first-order valence-electron chi connectivity index (χ1n) is 8.53. The van der Waals surface area contributed by atoms with Crippen LogP contribution in [0.5, 0.6) is 0 Å². The van der Waals surface area contributed by atoms with Crippen LogP contribution in [0, 0.1) is 6.92 Å². The summed E-state index contributed by atoms with van der Waals surface area (Å²) in [5, 5.41) is 10.6. The summed E-state index contributed by atoms with van der Waals surface area (Å²) in [7, 11) is 0. The van der Waals surface area contributed by atoms with Crippen molar-refractivity contribution >= 4 is 45.7 Å². The Kier molecular flexibility index (Phi) is 5.89. The molecule has 3 rings (SSSR count). The van der Waals surface area contributed by atoms with Gasteiger partial charge in [-0.25, -0.2) is 4.98 Å². The third-order valence-corrected chi connectivity index (χ3v) is 6.61. The van der Waals surface area contributed by atoms with E-state index in [2.05, 4.69) is 9.97 Å². The number of fused-ring (bicyclic) bond motifs is 1. The standard InChI is InChI=1S/C19H16F3N3O3S2/c1-9-5-12-11(6-10(7-24-12)19(20,21)22)16(25-9)29-8-13(26)14-3-4-15(30-14)18(2,28)17(23)27/h3-7,28H,8H2,1-2H3,(H2,23,27)/t18-/m1/s1. The molecule has 0 saturated carbocycles. The molecule has 158 valence electrons. The molecule has 0 spiro atoms. The van der Waals surface area contributed by atoms with E-state index in [0.717, 1.165) is 35.4 Å². The molecule has 3 aromatic heterocycles. The molecule has 6 nitrogen and oxygen atoms in total. The van der Waals surface area contributed by atoms with Crippen molar-refractivity contribution in [2.75, 3.05) is 5.75 Å². The number of primary amides is 1. The number of nitrogens with zero attached hydrogens (tertiary/aromatic N) is 2. The second-order valence-corrected chi connectivity index (χ2v) is 8.72. The fraction of sp³-hybridized carbons (Fsp3) is 0.263. The van der Waals surface area contributed by atoms with Crippen molar-refractivity contribution in [3.05, 3.63) is 51.5 Å². The molecule has 11 heteroatoms. The molecule has 3 heterocycles.